The first-order valence-electron chi connectivity index (χ1n) is 14.6. The van der Waals surface area contributed by atoms with Gasteiger partial charge in [0.15, 0.2) is 25.2 Å². The van der Waals surface area contributed by atoms with Crippen LogP contribution in [-0.2, 0) is 37.9 Å². The molecule has 0 aromatic carbocycles. The minimum atomic E-state index is -1.89. The third-order valence-corrected chi connectivity index (χ3v) is 8.48. The maximum absolute atomic E-state index is 11.2. The second-order valence-corrected chi connectivity index (χ2v) is 11.5. The molecule has 21 heteroatoms. The minimum absolute atomic E-state index is 0.601. The molecule has 20 atom stereocenters. The molecule has 20 unspecified atom stereocenters. The molecule has 0 bridgehead atoms. The Morgan fingerprint density at radius 1 is 0.478 bits per heavy atom. The van der Waals surface area contributed by atoms with Crippen LogP contribution in [0, 0.1) is 0 Å². The van der Waals surface area contributed by atoms with Crippen LogP contribution in [0.25, 0.3) is 0 Å². The van der Waals surface area contributed by atoms with E-state index in [9.17, 15) is 61.3 Å². The third-order valence-electron chi connectivity index (χ3n) is 8.48. The zero-order valence-corrected chi connectivity index (χ0v) is 24.6. The molecule has 4 saturated heterocycles. The largest absolute Gasteiger partial charge is 0.394 e. The van der Waals surface area contributed by atoms with Crippen molar-refractivity contribution in [2.45, 2.75) is 123 Å². The highest BCUT2D eigenvalue weighted by Crippen LogP contribution is 2.33. The fourth-order valence-electron chi connectivity index (χ4n) is 5.64. The van der Waals surface area contributed by atoms with Gasteiger partial charge in [-0.3, -0.25) is 0 Å². The fraction of sp³-hybridized carbons (Fsp3) is 1.00. The molecule has 0 amide bonds. The highest BCUT2D eigenvalue weighted by atomic mass is 16.8. The van der Waals surface area contributed by atoms with Crippen LogP contribution in [0.3, 0.4) is 0 Å². The van der Waals surface area contributed by atoms with E-state index in [1.165, 1.54) is 0 Å². The maximum atomic E-state index is 11.2. The van der Waals surface area contributed by atoms with Crippen molar-refractivity contribution in [1.82, 2.24) is 0 Å². The second kappa shape index (κ2) is 16.2. The van der Waals surface area contributed by atoms with Crippen LogP contribution in [0.1, 0.15) is 0 Å². The van der Waals surface area contributed by atoms with Crippen molar-refractivity contribution < 1.29 is 99.2 Å². The SMILES string of the molecule is COC1OC(COC2OC(CO)C(O)C(O)C2O)C(O)C(OC2OC(CO)C(O)C(O)C2OC2OC(CO)C(O)C(O)C2N)C1O. The molecule has 14 N–H and O–H groups in total. The highest BCUT2D eigenvalue weighted by molar-refractivity contribution is 4.97. The Morgan fingerprint density at radius 3 is 1.52 bits per heavy atom. The van der Waals surface area contributed by atoms with E-state index in [-0.39, 0.29) is 0 Å². The molecular formula is C25H45NO20. The fourth-order valence-corrected chi connectivity index (χ4v) is 5.64. The standard InChI is InChI=1S/C25H45NO20/c1-39-23-19(38)20(14(33)9(44-23)5-40-24-18(37)16(35)12(31)7(3-28)42-24)45-25-21(17(36)13(32)8(4-29)43-25)46-22-10(26)15(34)11(30)6(2-27)41-22/h6-25,27-38H,2-5,26H2,1H3. The molecule has 4 rings (SSSR count). The van der Waals surface area contributed by atoms with Gasteiger partial charge in [0.1, 0.15) is 91.6 Å². The van der Waals surface area contributed by atoms with Crippen molar-refractivity contribution in [3.05, 3.63) is 0 Å². The number of hydrogen-bond donors (Lipinski definition) is 13. The quantitative estimate of drug-likeness (QED) is 0.0963. The van der Waals surface area contributed by atoms with Crippen LogP contribution in [-0.4, -0.2) is 218 Å². The number of methoxy groups -OCH3 is 1. The van der Waals surface area contributed by atoms with Crippen molar-refractivity contribution in [3.63, 3.8) is 0 Å². The van der Waals surface area contributed by atoms with Gasteiger partial charge in [-0.15, -0.1) is 0 Å². The van der Waals surface area contributed by atoms with E-state index >= 15 is 0 Å². The Kier molecular flexibility index (Phi) is 13.4. The Morgan fingerprint density at radius 2 is 0.957 bits per heavy atom. The van der Waals surface area contributed by atoms with E-state index in [2.05, 4.69) is 0 Å². The third kappa shape index (κ3) is 7.65. The number of aliphatic hydroxyl groups excluding tert-OH is 12. The summed E-state index contributed by atoms with van der Waals surface area (Å²) in [5, 5.41) is 123. The van der Waals surface area contributed by atoms with Crippen molar-refractivity contribution in [3.8, 4) is 0 Å². The predicted octanol–water partition coefficient (Wildman–Crippen LogP) is -9.13. The summed E-state index contributed by atoms with van der Waals surface area (Å²) in [7, 11) is 1.15. The Bertz CT molecular complexity index is 936. The van der Waals surface area contributed by atoms with E-state index in [0.717, 1.165) is 7.11 Å². The lowest BCUT2D eigenvalue weighted by molar-refractivity contribution is -0.383. The van der Waals surface area contributed by atoms with E-state index in [1.807, 2.05) is 0 Å². The van der Waals surface area contributed by atoms with E-state index in [0.29, 0.717) is 0 Å². The number of ether oxygens (including phenoxy) is 8. The average molecular weight is 680 g/mol. The summed E-state index contributed by atoms with van der Waals surface area (Å²) in [4.78, 5) is 0. The zero-order valence-electron chi connectivity index (χ0n) is 24.6. The number of hydrogen-bond acceptors (Lipinski definition) is 21. The number of aliphatic hydroxyl groups is 12. The first kappa shape index (κ1) is 38.0. The van der Waals surface area contributed by atoms with Gasteiger partial charge >= 0.3 is 0 Å². The molecule has 0 spiro atoms. The predicted molar refractivity (Wildman–Crippen MR) is 141 cm³/mol. The Labute approximate surface area is 261 Å². The molecule has 0 aromatic rings. The van der Waals surface area contributed by atoms with Gasteiger partial charge in [-0.2, -0.15) is 0 Å². The van der Waals surface area contributed by atoms with Crippen LogP contribution >= 0.6 is 0 Å². The summed E-state index contributed by atoms with van der Waals surface area (Å²) in [6.45, 7) is -2.90. The number of rotatable bonds is 11. The smallest absolute Gasteiger partial charge is 0.187 e. The van der Waals surface area contributed by atoms with Crippen molar-refractivity contribution >= 4 is 0 Å². The highest BCUT2D eigenvalue weighted by Gasteiger charge is 2.54. The summed E-state index contributed by atoms with van der Waals surface area (Å²) < 4.78 is 44.1. The van der Waals surface area contributed by atoms with Crippen LogP contribution < -0.4 is 5.73 Å². The van der Waals surface area contributed by atoms with Crippen molar-refractivity contribution in [2.24, 2.45) is 5.73 Å². The first-order valence-corrected chi connectivity index (χ1v) is 14.6. The van der Waals surface area contributed by atoms with Gasteiger partial charge in [-0.05, 0) is 0 Å². The molecule has 4 heterocycles. The molecule has 0 aliphatic carbocycles. The van der Waals surface area contributed by atoms with Gasteiger partial charge in [-0.25, -0.2) is 0 Å². The summed E-state index contributed by atoms with van der Waals surface area (Å²) in [5.74, 6) is 0. The van der Waals surface area contributed by atoms with Gasteiger partial charge < -0.3 is 105 Å². The molecule has 0 aromatic heterocycles. The molecule has 46 heavy (non-hydrogen) atoms. The van der Waals surface area contributed by atoms with Crippen LogP contribution in [0.2, 0.25) is 0 Å². The van der Waals surface area contributed by atoms with E-state index in [4.69, 9.17) is 43.6 Å². The molecule has 4 fully saturated rings. The molecule has 0 radical (unpaired) electrons. The molecule has 21 nitrogen and oxygen atoms in total. The van der Waals surface area contributed by atoms with Crippen LogP contribution in [0.5, 0.6) is 0 Å². The van der Waals surface area contributed by atoms with Crippen LogP contribution in [0.4, 0.5) is 0 Å². The lowest BCUT2D eigenvalue weighted by Gasteiger charge is -2.48. The van der Waals surface area contributed by atoms with Gasteiger partial charge in [-0.1, -0.05) is 0 Å². The first-order chi connectivity index (χ1) is 21.8. The molecule has 270 valence electrons. The minimum Gasteiger partial charge on any atom is -0.394 e. The molecule has 4 aliphatic rings. The average Bonchev–Trinajstić information content (AvgIpc) is 3.05. The second-order valence-electron chi connectivity index (χ2n) is 11.5. The topological polar surface area (TPSA) is 343 Å². The summed E-state index contributed by atoms with van der Waals surface area (Å²) in [6.07, 6.45) is -31.1. The maximum Gasteiger partial charge on any atom is 0.187 e. The lowest BCUT2D eigenvalue weighted by Crippen LogP contribution is -2.68. The number of nitrogens with two attached hydrogens (primary N) is 1. The van der Waals surface area contributed by atoms with Gasteiger partial charge in [0, 0.05) is 7.11 Å². The Balaban J connectivity index is 1.52. The molecule has 0 saturated carbocycles. The molecular weight excluding hydrogens is 634 g/mol. The van der Waals surface area contributed by atoms with Crippen molar-refractivity contribution in [2.75, 3.05) is 33.5 Å². The zero-order chi connectivity index (χ0) is 34.0. The summed E-state index contributed by atoms with van der Waals surface area (Å²) in [5.41, 5.74) is 5.94. The van der Waals surface area contributed by atoms with Gasteiger partial charge in [0.05, 0.1) is 32.5 Å². The molecule has 4 aliphatic heterocycles. The summed E-state index contributed by atoms with van der Waals surface area (Å²) >= 11 is 0. The van der Waals surface area contributed by atoms with Gasteiger partial charge in [0.25, 0.3) is 0 Å². The van der Waals surface area contributed by atoms with Crippen LogP contribution in [0.15, 0.2) is 0 Å². The normalized spacial score (nSPS) is 52.0. The van der Waals surface area contributed by atoms with E-state index in [1.54, 1.807) is 0 Å². The summed E-state index contributed by atoms with van der Waals surface area (Å²) in [6, 6.07) is -1.44. The van der Waals surface area contributed by atoms with Crippen molar-refractivity contribution in [1.29, 1.82) is 0 Å². The van der Waals surface area contributed by atoms with Gasteiger partial charge in [0.2, 0.25) is 0 Å². The monoisotopic (exact) mass is 679 g/mol. The lowest BCUT2D eigenvalue weighted by atomic mass is 9.95. The van der Waals surface area contributed by atoms with E-state index < -0.39 is 149 Å². The Hall–Kier alpha value is -0.840.